The summed E-state index contributed by atoms with van der Waals surface area (Å²) in [6, 6.07) is 0. The van der Waals surface area contributed by atoms with E-state index in [-0.39, 0.29) is 6.61 Å². The zero-order valence-corrected chi connectivity index (χ0v) is 9.71. The van der Waals surface area contributed by atoms with E-state index >= 15 is 0 Å². The van der Waals surface area contributed by atoms with Crippen LogP contribution in [0, 0.1) is 0 Å². The fourth-order valence-electron chi connectivity index (χ4n) is 0.998. The van der Waals surface area contributed by atoms with Gasteiger partial charge in [-0.05, 0) is 19.8 Å². The molecule has 0 heterocycles. The van der Waals surface area contributed by atoms with Gasteiger partial charge in [-0.3, -0.25) is 0 Å². The Kier molecular flexibility index (Phi) is 8.14. The summed E-state index contributed by atoms with van der Waals surface area (Å²) in [5.74, 6) is -0.801. The van der Waals surface area contributed by atoms with Gasteiger partial charge in [-0.1, -0.05) is 26.7 Å². The highest BCUT2D eigenvalue weighted by Crippen LogP contribution is 2.13. The van der Waals surface area contributed by atoms with Crippen LogP contribution < -0.4 is 0 Å². The minimum absolute atomic E-state index is 0.0829. The molecule has 3 nitrogen and oxygen atoms in total. The number of unbranched alkanes of at least 4 members (excludes halogenated alkanes) is 2. The van der Waals surface area contributed by atoms with Gasteiger partial charge in [0.1, 0.15) is 0 Å². The van der Waals surface area contributed by atoms with E-state index < -0.39 is 5.79 Å². The molecule has 3 heteroatoms. The number of hydrogen-bond donors (Lipinski definition) is 1. The molecule has 0 radical (unpaired) electrons. The molecule has 0 fully saturated rings. The van der Waals surface area contributed by atoms with Gasteiger partial charge in [-0.2, -0.15) is 0 Å². The summed E-state index contributed by atoms with van der Waals surface area (Å²) >= 11 is 0. The second-order valence-electron chi connectivity index (χ2n) is 3.70. The lowest BCUT2D eigenvalue weighted by Crippen LogP contribution is -2.37. The lowest BCUT2D eigenvalue weighted by molar-refractivity contribution is -0.244. The molecule has 0 aromatic rings. The summed E-state index contributed by atoms with van der Waals surface area (Å²) in [5, 5.41) is 9.13. The predicted molar refractivity (Wildman–Crippen MR) is 57.2 cm³/mol. The molecule has 0 aliphatic rings. The maximum atomic E-state index is 9.13. The van der Waals surface area contributed by atoms with Gasteiger partial charge in [0.05, 0.1) is 19.8 Å². The van der Waals surface area contributed by atoms with Crippen LogP contribution in [-0.4, -0.2) is 30.7 Å². The number of rotatable bonds is 9. The van der Waals surface area contributed by atoms with Crippen LogP contribution in [0.25, 0.3) is 0 Å². The molecule has 0 aromatic carbocycles. The molecule has 0 atom stereocenters. The summed E-state index contributed by atoms with van der Waals surface area (Å²) in [5.41, 5.74) is 0. The molecule has 0 saturated heterocycles. The SMILES string of the molecule is CCCCOC(C)(CO)OCCCC. The molecule has 1 N–H and O–H groups in total. The van der Waals surface area contributed by atoms with Crippen molar-refractivity contribution in [2.24, 2.45) is 0 Å². The molecule has 0 spiro atoms. The molecule has 0 rings (SSSR count). The van der Waals surface area contributed by atoms with Crippen LogP contribution in [0.3, 0.4) is 0 Å². The maximum Gasteiger partial charge on any atom is 0.188 e. The Hall–Kier alpha value is -0.120. The highest BCUT2D eigenvalue weighted by molar-refractivity contribution is 4.60. The maximum absolute atomic E-state index is 9.13. The van der Waals surface area contributed by atoms with Gasteiger partial charge in [-0.25, -0.2) is 0 Å². The van der Waals surface area contributed by atoms with Crippen LogP contribution in [0.15, 0.2) is 0 Å². The van der Waals surface area contributed by atoms with Gasteiger partial charge in [-0.15, -0.1) is 0 Å². The number of aliphatic hydroxyl groups is 1. The van der Waals surface area contributed by atoms with Gasteiger partial charge in [0.2, 0.25) is 0 Å². The van der Waals surface area contributed by atoms with Gasteiger partial charge in [0.25, 0.3) is 0 Å². The van der Waals surface area contributed by atoms with E-state index in [2.05, 4.69) is 13.8 Å². The van der Waals surface area contributed by atoms with Crippen LogP contribution in [-0.2, 0) is 9.47 Å². The number of ether oxygens (including phenoxy) is 2. The Morgan fingerprint density at radius 2 is 1.43 bits per heavy atom. The van der Waals surface area contributed by atoms with Crippen molar-refractivity contribution in [3.05, 3.63) is 0 Å². The molecule has 14 heavy (non-hydrogen) atoms. The topological polar surface area (TPSA) is 38.7 Å². The van der Waals surface area contributed by atoms with E-state index in [4.69, 9.17) is 14.6 Å². The quantitative estimate of drug-likeness (QED) is 0.463. The van der Waals surface area contributed by atoms with Crippen molar-refractivity contribution in [3.63, 3.8) is 0 Å². The van der Waals surface area contributed by atoms with Crippen LogP contribution in [0.2, 0.25) is 0 Å². The normalized spacial score (nSPS) is 12.0. The molecular weight excluding hydrogens is 180 g/mol. The van der Waals surface area contributed by atoms with Gasteiger partial charge in [0, 0.05) is 0 Å². The van der Waals surface area contributed by atoms with Crippen molar-refractivity contribution in [2.45, 2.75) is 52.2 Å². The third-order valence-electron chi connectivity index (χ3n) is 2.10. The minimum Gasteiger partial charge on any atom is -0.391 e. The lowest BCUT2D eigenvalue weighted by Gasteiger charge is -2.27. The predicted octanol–water partition coefficient (Wildman–Crippen LogP) is 2.33. The van der Waals surface area contributed by atoms with Crippen LogP contribution in [0.1, 0.15) is 46.5 Å². The average molecular weight is 204 g/mol. The van der Waals surface area contributed by atoms with Crippen molar-refractivity contribution < 1.29 is 14.6 Å². The van der Waals surface area contributed by atoms with Crippen molar-refractivity contribution in [3.8, 4) is 0 Å². The standard InChI is InChI=1S/C11H24O3/c1-4-6-8-13-11(3,10-12)14-9-7-5-2/h12H,4-10H2,1-3H3. The van der Waals surface area contributed by atoms with E-state index in [1.54, 1.807) is 6.92 Å². The van der Waals surface area contributed by atoms with E-state index in [9.17, 15) is 0 Å². The summed E-state index contributed by atoms with van der Waals surface area (Å²) in [6.45, 7) is 7.23. The molecule has 0 aliphatic heterocycles. The summed E-state index contributed by atoms with van der Waals surface area (Å²) in [4.78, 5) is 0. The first-order chi connectivity index (χ1) is 6.68. The van der Waals surface area contributed by atoms with Crippen molar-refractivity contribution >= 4 is 0 Å². The zero-order valence-electron chi connectivity index (χ0n) is 9.71. The molecule has 0 aromatic heterocycles. The molecule has 0 amide bonds. The second kappa shape index (κ2) is 8.21. The highest BCUT2D eigenvalue weighted by Gasteiger charge is 2.24. The number of aliphatic hydroxyl groups excluding tert-OH is 1. The minimum atomic E-state index is -0.801. The molecule has 86 valence electrons. The van der Waals surface area contributed by atoms with Crippen molar-refractivity contribution in [1.82, 2.24) is 0 Å². The third kappa shape index (κ3) is 6.35. The second-order valence-corrected chi connectivity index (χ2v) is 3.70. The summed E-state index contributed by atoms with van der Waals surface area (Å²) in [7, 11) is 0. The van der Waals surface area contributed by atoms with Crippen LogP contribution in [0.4, 0.5) is 0 Å². The Balaban J connectivity index is 3.67. The van der Waals surface area contributed by atoms with Gasteiger partial charge < -0.3 is 14.6 Å². The Morgan fingerprint density at radius 1 is 1.00 bits per heavy atom. The van der Waals surface area contributed by atoms with E-state index in [1.165, 1.54) is 0 Å². The highest BCUT2D eigenvalue weighted by atomic mass is 16.7. The lowest BCUT2D eigenvalue weighted by atomic mass is 10.3. The fraction of sp³-hybridized carbons (Fsp3) is 1.00. The Labute approximate surface area is 87.4 Å². The van der Waals surface area contributed by atoms with Crippen molar-refractivity contribution in [1.29, 1.82) is 0 Å². The van der Waals surface area contributed by atoms with Crippen LogP contribution in [0.5, 0.6) is 0 Å². The molecule has 0 saturated carbocycles. The first kappa shape index (κ1) is 13.9. The molecule has 0 unspecified atom stereocenters. The summed E-state index contributed by atoms with van der Waals surface area (Å²) in [6.07, 6.45) is 4.20. The van der Waals surface area contributed by atoms with E-state index in [1.807, 2.05) is 0 Å². The third-order valence-corrected chi connectivity index (χ3v) is 2.10. The average Bonchev–Trinajstić information content (AvgIpc) is 2.19. The van der Waals surface area contributed by atoms with Gasteiger partial charge in [0.15, 0.2) is 5.79 Å². The van der Waals surface area contributed by atoms with E-state index in [0.717, 1.165) is 25.7 Å². The van der Waals surface area contributed by atoms with E-state index in [0.29, 0.717) is 13.2 Å². The fourth-order valence-corrected chi connectivity index (χ4v) is 0.998. The number of hydrogen-bond acceptors (Lipinski definition) is 3. The summed E-state index contributed by atoms with van der Waals surface area (Å²) < 4.78 is 11.0. The molecule has 0 aliphatic carbocycles. The first-order valence-corrected chi connectivity index (χ1v) is 5.57. The molecular formula is C11H24O3. The first-order valence-electron chi connectivity index (χ1n) is 5.57. The zero-order chi connectivity index (χ0) is 10.9. The van der Waals surface area contributed by atoms with Crippen LogP contribution >= 0.6 is 0 Å². The Bertz CT molecular complexity index is 116. The molecule has 0 bridgehead atoms. The largest absolute Gasteiger partial charge is 0.391 e. The Morgan fingerprint density at radius 3 is 1.71 bits per heavy atom. The monoisotopic (exact) mass is 204 g/mol. The smallest absolute Gasteiger partial charge is 0.188 e. The van der Waals surface area contributed by atoms with Crippen molar-refractivity contribution in [2.75, 3.05) is 19.8 Å². The van der Waals surface area contributed by atoms with Gasteiger partial charge >= 0.3 is 0 Å².